The van der Waals surface area contributed by atoms with Crippen LogP contribution in [0.4, 0.5) is 5.13 Å². The quantitative estimate of drug-likeness (QED) is 0.930. The van der Waals surface area contributed by atoms with E-state index in [4.69, 9.17) is 0 Å². The Hall–Kier alpha value is -1.40. The lowest BCUT2D eigenvalue weighted by Gasteiger charge is -2.08. The summed E-state index contributed by atoms with van der Waals surface area (Å²) in [4.78, 5) is 4.19. The van der Waals surface area contributed by atoms with Gasteiger partial charge in [0.1, 0.15) is 0 Å². The Labute approximate surface area is 104 Å². The number of nitrogens with zero attached hydrogens (tertiary/aromatic N) is 1. The third-order valence-electron chi connectivity index (χ3n) is 2.27. The first kappa shape index (κ1) is 12.1. The lowest BCUT2D eigenvalue weighted by atomic mass is 10.2. The second kappa shape index (κ2) is 4.46. The van der Waals surface area contributed by atoms with Gasteiger partial charge in [0, 0.05) is 11.6 Å². The van der Waals surface area contributed by atoms with E-state index >= 15 is 0 Å². The number of nitrogens with one attached hydrogen (secondary N) is 1. The van der Waals surface area contributed by atoms with Crippen molar-refractivity contribution in [1.29, 1.82) is 0 Å². The number of rotatable bonds is 3. The van der Waals surface area contributed by atoms with Crippen LogP contribution in [0.15, 0.2) is 34.7 Å². The molecule has 6 heteroatoms. The molecular formula is C11H12N2O2S2. The van der Waals surface area contributed by atoms with Crippen LogP contribution in [0.5, 0.6) is 0 Å². The van der Waals surface area contributed by atoms with E-state index in [1.54, 1.807) is 30.6 Å². The third kappa shape index (κ3) is 2.65. The second-order valence-electron chi connectivity index (χ2n) is 3.71. The molecule has 0 aliphatic rings. The highest BCUT2D eigenvalue weighted by molar-refractivity contribution is 7.93. The summed E-state index contributed by atoms with van der Waals surface area (Å²) < 4.78 is 26.6. The van der Waals surface area contributed by atoms with Crippen molar-refractivity contribution >= 4 is 26.5 Å². The molecule has 4 nitrogen and oxygen atoms in total. The second-order valence-corrected chi connectivity index (χ2v) is 6.26. The number of anilines is 1. The van der Waals surface area contributed by atoms with E-state index in [1.807, 2.05) is 13.0 Å². The molecule has 1 aromatic heterocycles. The number of aromatic nitrogens is 1. The summed E-state index contributed by atoms with van der Waals surface area (Å²) in [7, 11) is -3.53. The Bertz CT molecular complexity index is 619. The van der Waals surface area contributed by atoms with Crippen LogP contribution >= 0.6 is 11.3 Å². The van der Waals surface area contributed by atoms with Crippen molar-refractivity contribution in [2.75, 3.05) is 4.72 Å². The van der Waals surface area contributed by atoms with Crippen molar-refractivity contribution in [1.82, 2.24) is 4.98 Å². The number of sulfonamides is 1. The number of benzene rings is 1. The van der Waals surface area contributed by atoms with Gasteiger partial charge in [-0.05, 0) is 25.5 Å². The topological polar surface area (TPSA) is 59.1 Å². The standard InChI is InChI=1S/C11H12N2O2S2/c1-8-3-4-10(9(2)7-8)17(14,15)13-11-12-5-6-16-11/h3-7H,1-2H3,(H,12,13). The predicted molar refractivity (Wildman–Crippen MR) is 68.8 cm³/mol. The fourth-order valence-electron chi connectivity index (χ4n) is 1.54. The molecule has 0 aliphatic heterocycles. The molecule has 0 saturated carbocycles. The maximum absolute atomic E-state index is 12.1. The van der Waals surface area contributed by atoms with Gasteiger partial charge in [0.25, 0.3) is 10.0 Å². The van der Waals surface area contributed by atoms with Crippen molar-refractivity contribution in [2.24, 2.45) is 0 Å². The molecule has 0 bridgehead atoms. The smallest absolute Gasteiger partial charge is 0.255 e. The minimum atomic E-state index is -3.53. The molecule has 0 amide bonds. The van der Waals surface area contributed by atoms with Crippen LogP contribution in [0.2, 0.25) is 0 Å². The highest BCUT2D eigenvalue weighted by atomic mass is 32.2. The number of thiazole rings is 1. The van der Waals surface area contributed by atoms with E-state index in [9.17, 15) is 8.42 Å². The van der Waals surface area contributed by atoms with E-state index in [0.29, 0.717) is 10.0 Å². The summed E-state index contributed by atoms with van der Waals surface area (Å²) in [5, 5.41) is 2.10. The molecule has 1 N–H and O–H groups in total. The molecule has 0 atom stereocenters. The van der Waals surface area contributed by atoms with Crippen LogP contribution in [-0.2, 0) is 10.0 Å². The predicted octanol–water partition coefficient (Wildman–Crippen LogP) is 2.56. The van der Waals surface area contributed by atoms with E-state index in [1.165, 1.54) is 11.3 Å². The summed E-state index contributed by atoms with van der Waals surface area (Å²) in [6.07, 6.45) is 1.56. The summed E-state index contributed by atoms with van der Waals surface area (Å²) in [5.74, 6) is 0. The van der Waals surface area contributed by atoms with Gasteiger partial charge in [0.2, 0.25) is 0 Å². The van der Waals surface area contributed by atoms with Gasteiger partial charge in [0.05, 0.1) is 4.90 Å². The average molecular weight is 268 g/mol. The van der Waals surface area contributed by atoms with Gasteiger partial charge in [-0.1, -0.05) is 17.7 Å². The van der Waals surface area contributed by atoms with Crippen LogP contribution in [-0.4, -0.2) is 13.4 Å². The number of hydrogen-bond donors (Lipinski definition) is 1. The average Bonchev–Trinajstić information content (AvgIpc) is 2.68. The Morgan fingerprint density at radius 2 is 2.06 bits per heavy atom. The number of aryl methyl sites for hydroxylation is 2. The molecule has 0 unspecified atom stereocenters. The molecule has 90 valence electrons. The summed E-state index contributed by atoms with van der Waals surface area (Å²) >= 11 is 1.25. The lowest BCUT2D eigenvalue weighted by Crippen LogP contribution is -2.14. The first-order valence-corrected chi connectivity index (χ1v) is 7.35. The maximum atomic E-state index is 12.1. The fraction of sp³-hybridized carbons (Fsp3) is 0.182. The summed E-state index contributed by atoms with van der Waals surface area (Å²) in [6.45, 7) is 3.71. The van der Waals surface area contributed by atoms with Crippen LogP contribution in [0.1, 0.15) is 11.1 Å². The Morgan fingerprint density at radius 3 is 2.65 bits per heavy atom. The van der Waals surface area contributed by atoms with Crippen molar-refractivity contribution in [2.45, 2.75) is 18.7 Å². The van der Waals surface area contributed by atoms with Crippen molar-refractivity contribution in [3.63, 3.8) is 0 Å². The Morgan fingerprint density at radius 1 is 1.29 bits per heavy atom. The Balaban J connectivity index is 2.38. The fourth-order valence-corrected chi connectivity index (χ4v) is 3.56. The van der Waals surface area contributed by atoms with Crippen LogP contribution in [0, 0.1) is 13.8 Å². The van der Waals surface area contributed by atoms with Gasteiger partial charge in [-0.15, -0.1) is 11.3 Å². The largest absolute Gasteiger partial charge is 0.263 e. The van der Waals surface area contributed by atoms with E-state index < -0.39 is 10.0 Å². The normalized spacial score (nSPS) is 11.4. The minimum Gasteiger partial charge on any atom is -0.255 e. The molecule has 1 heterocycles. The molecule has 2 rings (SSSR count). The maximum Gasteiger partial charge on any atom is 0.263 e. The molecule has 0 radical (unpaired) electrons. The number of hydrogen-bond acceptors (Lipinski definition) is 4. The van der Waals surface area contributed by atoms with Gasteiger partial charge in [-0.2, -0.15) is 0 Å². The molecule has 0 aliphatic carbocycles. The highest BCUT2D eigenvalue weighted by Gasteiger charge is 2.17. The van der Waals surface area contributed by atoms with Crippen molar-refractivity contribution in [3.8, 4) is 0 Å². The van der Waals surface area contributed by atoms with Crippen LogP contribution < -0.4 is 4.72 Å². The van der Waals surface area contributed by atoms with Gasteiger partial charge in [-0.3, -0.25) is 4.72 Å². The van der Waals surface area contributed by atoms with Gasteiger partial charge >= 0.3 is 0 Å². The highest BCUT2D eigenvalue weighted by Crippen LogP contribution is 2.21. The lowest BCUT2D eigenvalue weighted by molar-refractivity contribution is 0.600. The van der Waals surface area contributed by atoms with E-state index in [2.05, 4.69) is 9.71 Å². The van der Waals surface area contributed by atoms with E-state index in [-0.39, 0.29) is 0 Å². The minimum absolute atomic E-state index is 0.290. The first-order valence-electron chi connectivity index (χ1n) is 4.98. The van der Waals surface area contributed by atoms with Gasteiger partial charge < -0.3 is 0 Å². The zero-order valence-electron chi connectivity index (χ0n) is 9.47. The van der Waals surface area contributed by atoms with E-state index in [0.717, 1.165) is 11.1 Å². The monoisotopic (exact) mass is 268 g/mol. The van der Waals surface area contributed by atoms with Gasteiger partial charge in [0.15, 0.2) is 5.13 Å². The molecule has 1 aromatic carbocycles. The molecule has 0 fully saturated rings. The van der Waals surface area contributed by atoms with Crippen molar-refractivity contribution in [3.05, 3.63) is 40.9 Å². The molecule has 2 aromatic rings. The third-order valence-corrected chi connectivity index (χ3v) is 4.59. The zero-order chi connectivity index (χ0) is 12.5. The molecule has 17 heavy (non-hydrogen) atoms. The summed E-state index contributed by atoms with van der Waals surface area (Å²) in [5.41, 5.74) is 1.77. The molecular weight excluding hydrogens is 256 g/mol. The molecule has 0 spiro atoms. The van der Waals surface area contributed by atoms with Crippen LogP contribution in [0.25, 0.3) is 0 Å². The Kier molecular flexibility index (Phi) is 3.17. The zero-order valence-corrected chi connectivity index (χ0v) is 11.1. The van der Waals surface area contributed by atoms with Gasteiger partial charge in [-0.25, -0.2) is 13.4 Å². The first-order chi connectivity index (χ1) is 7.99. The molecule has 0 saturated heterocycles. The van der Waals surface area contributed by atoms with Crippen LogP contribution in [0.3, 0.4) is 0 Å². The summed E-state index contributed by atoms with van der Waals surface area (Å²) in [6, 6.07) is 5.24. The van der Waals surface area contributed by atoms with Crippen molar-refractivity contribution < 1.29 is 8.42 Å². The SMILES string of the molecule is Cc1ccc(S(=O)(=O)Nc2nccs2)c(C)c1.